The van der Waals surface area contributed by atoms with Crippen molar-refractivity contribution in [1.29, 1.82) is 0 Å². The second-order valence-corrected chi connectivity index (χ2v) is 6.21. The molecule has 1 aliphatic carbocycles. The molecule has 0 amide bonds. The highest BCUT2D eigenvalue weighted by Gasteiger charge is 2.18. The monoisotopic (exact) mass is 334 g/mol. The van der Waals surface area contributed by atoms with Gasteiger partial charge in [0, 0.05) is 23.7 Å². The van der Waals surface area contributed by atoms with Gasteiger partial charge in [-0.3, -0.25) is 4.98 Å². The smallest absolute Gasteiger partial charge is 0.0937 e. The lowest BCUT2D eigenvalue weighted by Gasteiger charge is -2.24. The van der Waals surface area contributed by atoms with E-state index in [0.29, 0.717) is 6.54 Å². The summed E-state index contributed by atoms with van der Waals surface area (Å²) >= 11 is 0. The number of pyridine rings is 1. The lowest BCUT2D eigenvalue weighted by Crippen LogP contribution is -2.28. The van der Waals surface area contributed by atoms with Crippen molar-refractivity contribution in [3.8, 4) is 0 Å². The summed E-state index contributed by atoms with van der Waals surface area (Å²) in [7, 11) is 0. The fourth-order valence-electron chi connectivity index (χ4n) is 3.56. The molecule has 0 fully saturated rings. The van der Waals surface area contributed by atoms with Gasteiger partial charge in [-0.1, -0.05) is 32.0 Å². The second kappa shape index (κ2) is 8.09. The maximum atomic E-state index is 10.7. The number of fused-ring (bicyclic) bond motifs is 3. The summed E-state index contributed by atoms with van der Waals surface area (Å²) in [6.45, 7) is 6.86. The van der Waals surface area contributed by atoms with Crippen LogP contribution in [0, 0.1) is 0 Å². The first-order valence-corrected chi connectivity index (χ1v) is 8.54. The molecule has 1 unspecified atom stereocenters. The normalized spacial score (nSPS) is 15.3. The minimum Gasteiger partial charge on any atom is -0.387 e. The molecule has 126 valence electrons. The molecule has 0 radical (unpaired) electrons. The Morgan fingerprint density at radius 1 is 1.17 bits per heavy atom. The van der Waals surface area contributed by atoms with E-state index in [1.54, 1.807) is 0 Å². The number of aryl methyl sites for hydroxylation is 2. The highest BCUT2D eigenvalue weighted by molar-refractivity contribution is 5.86. The van der Waals surface area contributed by atoms with Gasteiger partial charge in [-0.2, -0.15) is 0 Å². The minimum absolute atomic E-state index is 0. The number of hydrogen-bond donors (Lipinski definition) is 1. The van der Waals surface area contributed by atoms with Gasteiger partial charge in [0.15, 0.2) is 0 Å². The van der Waals surface area contributed by atoms with Crippen molar-refractivity contribution >= 4 is 23.3 Å². The average molecular weight is 335 g/mol. The Morgan fingerprint density at radius 3 is 2.65 bits per heavy atom. The lowest BCUT2D eigenvalue weighted by atomic mass is 9.89. The molecule has 1 aromatic heterocycles. The molecule has 0 saturated carbocycles. The third kappa shape index (κ3) is 3.68. The SMILES string of the molecule is CCN(CC)CC(O)c1cccc2c3c(cnc12)CCCC3.Cl. The Morgan fingerprint density at radius 2 is 1.91 bits per heavy atom. The quantitative estimate of drug-likeness (QED) is 0.900. The van der Waals surface area contributed by atoms with Gasteiger partial charge in [-0.05, 0) is 49.9 Å². The molecule has 3 nitrogen and oxygen atoms in total. The minimum atomic E-state index is -0.474. The Balaban J connectivity index is 0.00000192. The zero-order valence-corrected chi connectivity index (χ0v) is 14.9. The van der Waals surface area contributed by atoms with Crippen LogP contribution < -0.4 is 0 Å². The van der Waals surface area contributed by atoms with Gasteiger partial charge in [-0.15, -0.1) is 12.4 Å². The van der Waals surface area contributed by atoms with Crippen LogP contribution in [0.5, 0.6) is 0 Å². The summed E-state index contributed by atoms with van der Waals surface area (Å²) < 4.78 is 0. The van der Waals surface area contributed by atoms with Gasteiger partial charge in [0.25, 0.3) is 0 Å². The predicted octanol–water partition coefficient (Wildman–Crippen LogP) is 3.91. The van der Waals surface area contributed by atoms with E-state index >= 15 is 0 Å². The summed E-state index contributed by atoms with van der Waals surface area (Å²) in [6, 6.07) is 6.26. The van der Waals surface area contributed by atoms with E-state index < -0.39 is 6.10 Å². The van der Waals surface area contributed by atoms with Crippen molar-refractivity contribution in [2.24, 2.45) is 0 Å². The largest absolute Gasteiger partial charge is 0.387 e. The molecule has 0 bridgehead atoms. The fraction of sp³-hybridized carbons (Fsp3) is 0.526. The maximum absolute atomic E-state index is 10.7. The zero-order valence-electron chi connectivity index (χ0n) is 14.1. The van der Waals surface area contributed by atoms with E-state index in [4.69, 9.17) is 4.98 Å². The van der Waals surface area contributed by atoms with Gasteiger partial charge < -0.3 is 10.0 Å². The van der Waals surface area contributed by atoms with Crippen molar-refractivity contribution < 1.29 is 5.11 Å². The number of aliphatic hydroxyl groups is 1. The topological polar surface area (TPSA) is 36.4 Å². The van der Waals surface area contributed by atoms with Crippen LogP contribution in [-0.2, 0) is 12.8 Å². The van der Waals surface area contributed by atoms with Gasteiger partial charge in [0.2, 0.25) is 0 Å². The zero-order chi connectivity index (χ0) is 15.5. The molecule has 1 aliphatic rings. The summed E-state index contributed by atoms with van der Waals surface area (Å²) in [5.41, 5.74) is 4.81. The van der Waals surface area contributed by atoms with Crippen LogP contribution in [0.4, 0.5) is 0 Å². The molecule has 4 heteroatoms. The lowest BCUT2D eigenvalue weighted by molar-refractivity contribution is 0.120. The molecule has 1 N–H and O–H groups in total. The molecule has 0 aliphatic heterocycles. The molecule has 1 aromatic carbocycles. The van der Waals surface area contributed by atoms with Crippen molar-refractivity contribution in [3.05, 3.63) is 41.1 Å². The number of aromatic nitrogens is 1. The van der Waals surface area contributed by atoms with Crippen LogP contribution in [-0.4, -0.2) is 34.6 Å². The van der Waals surface area contributed by atoms with Crippen LogP contribution in [0.25, 0.3) is 10.9 Å². The van der Waals surface area contributed by atoms with Crippen LogP contribution in [0.1, 0.15) is 49.5 Å². The molecule has 0 spiro atoms. The summed E-state index contributed by atoms with van der Waals surface area (Å²) in [5.74, 6) is 0. The molecule has 1 atom stereocenters. The number of aliphatic hydroxyl groups excluding tert-OH is 1. The number of nitrogens with zero attached hydrogens (tertiary/aromatic N) is 2. The second-order valence-electron chi connectivity index (χ2n) is 6.21. The first-order chi connectivity index (χ1) is 10.7. The van der Waals surface area contributed by atoms with Gasteiger partial charge >= 0.3 is 0 Å². The first kappa shape index (κ1) is 18.2. The number of hydrogen-bond acceptors (Lipinski definition) is 3. The average Bonchev–Trinajstić information content (AvgIpc) is 2.58. The van der Waals surface area contributed by atoms with E-state index in [1.165, 1.54) is 29.4 Å². The van der Waals surface area contributed by atoms with E-state index in [2.05, 4.69) is 30.9 Å². The molecule has 23 heavy (non-hydrogen) atoms. The molecule has 3 rings (SSSR count). The first-order valence-electron chi connectivity index (χ1n) is 8.54. The van der Waals surface area contributed by atoms with E-state index in [-0.39, 0.29) is 12.4 Å². The van der Waals surface area contributed by atoms with E-state index in [0.717, 1.165) is 37.0 Å². The molecule has 2 aromatic rings. The van der Waals surface area contributed by atoms with Crippen molar-refractivity contribution in [2.75, 3.05) is 19.6 Å². The Kier molecular flexibility index (Phi) is 6.40. The highest BCUT2D eigenvalue weighted by Crippen LogP contribution is 2.31. The van der Waals surface area contributed by atoms with Gasteiger partial charge in [0.05, 0.1) is 11.6 Å². The van der Waals surface area contributed by atoms with Crippen LogP contribution in [0.3, 0.4) is 0 Å². The van der Waals surface area contributed by atoms with E-state index in [1.807, 2.05) is 12.3 Å². The summed E-state index contributed by atoms with van der Waals surface area (Å²) in [4.78, 5) is 6.95. The van der Waals surface area contributed by atoms with E-state index in [9.17, 15) is 5.11 Å². The summed E-state index contributed by atoms with van der Waals surface area (Å²) in [5, 5.41) is 11.9. The van der Waals surface area contributed by atoms with Gasteiger partial charge in [0.1, 0.15) is 0 Å². The third-order valence-corrected chi connectivity index (χ3v) is 4.94. The number of likely N-dealkylation sites (N-methyl/N-ethyl adjacent to an activating group) is 1. The number of para-hydroxylation sites is 1. The van der Waals surface area contributed by atoms with Crippen molar-refractivity contribution in [1.82, 2.24) is 9.88 Å². The van der Waals surface area contributed by atoms with Crippen LogP contribution in [0.15, 0.2) is 24.4 Å². The Hall–Kier alpha value is -1.16. The standard InChI is InChI=1S/C19H26N2O.ClH/c1-3-21(4-2)13-18(22)17-11-7-10-16-15-9-6-5-8-14(15)12-20-19(16)17;/h7,10-12,18,22H,3-6,8-9,13H2,1-2H3;1H. The Bertz CT molecular complexity index is 655. The van der Waals surface area contributed by atoms with Crippen LogP contribution in [0.2, 0.25) is 0 Å². The maximum Gasteiger partial charge on any atom is 0.0937 e. The molecule has 0 saturated heterocycles. The summed E-state index contributed by atoms with van der Waals surface area (Å²) in [6.07, 6.45) is 6.37. The number of halogens is 1. The van der Waals surface area contributed by atoms with Crippen molar-refractivity contribution in [2.45, 2.75) is 45.6 Å². The Labute approximate surface area is 145 Å². The number of rotatable bonds is 5. The van der Waals surface area contributed by atoms with Crippen LogP contribution >= 0.6 is 12.4 Å². The molecular weight excluding hydrogens is 308 g/mol. The predicted molar refractivity (Wildman–Crippen MR) is 98.4 cm³/mol. The van der Waals surface area contributed by atoms with Crippen molar-refractivity contribution in [3.63, 3.8) is 0 Å². The number of benzene rings is 1. The molecule has 1 heterocycles. The third-order valence-electron chi connectivity index (χ3n) is 4.94. The van der Waals surface area contributed by atoms with Gasteiger partial charge in [-0.25, -0.2) is 0 Å². The molecular formula is C19H27ClN2O. The highest BCUT2D eigenvalue weighted by atomic mass is 35.5. The fourth-order valence-corrected chi connectivity index (χ4v) is 3.56.